The molecule has 0 fully saturated rings. The first kappa shape index (κ1) is 19.7. The van der Waals surface area contributed by atoms with E-state index in [-0.39, 0.29) is 12.6 Å². The fourth-order valence-electron chi connectivity index (χ4n) is 5.18. The molecule has 2 N–H and O–H groups in total. The number of nitrogens with zero attached hydrogens (tertiary/aromatic N) is 4. The lowest BCUT2D eigenvalue weighted by Crippen LogP contribution is -2.42. The maximum atomic E-state index is 13.2. The van der Waals surface area contributed by atoms with Crippen LogP contribution in [0.5, 0.6) is 11.5 Å². The van der Waals surface area contributed by atoms with Gasteiger partial charge in [0.2, 0.25) is 6.79 Å². The summed E-state index contributed by atoms with van der Waals surface area (Å²) in [5.74, 6) is 1.60. The quantitative estimate of drug-likeness (QED) is 0.437. The first-order valence-electron chi connectivity index (χ1n) is 11.1. The average molecular weight is 466 g/mol. The summed E-state index contributed by atoms with van der Waals surface area (Å²) in [7, 11) is 0. The molecule has 3 aromatic rings. The van der Waals surface area contributed by atoms with Gasteiger partial charge in [0.05, 0.1) is 22.6 Å². The zero-order chi connectivity index (χ0) is 23.8. The minimum absolute atomic E-state index is 0.134. The number of fused-ring (bicyclic) bond motifs is 7. The molecular weight excluding hydrogens is 448 g/mol. The van der Waals surface area contributed by atoms with Gasteiger partial charge in [0.15, 0.2) is 17.0 Å². The molecule has 4 aliphatic rings. The van der Waals surface area contributed by atoms with Gasteiger partial charge in [-0.1, -0.05) is 12.1 Å². The fraction of sp³-hybridized carbons (Fsp3) is 0.160. The van der Waals surface area contributed by atoms with E-state index in [1.807, 2.05) is 61.4 Å². The van der Waals surface area contributed by atoms with E-state index in [0.717, 1.165) is 39.3 Å². The summed E-state index contributed by atoms with van der Waals surface area (Å²) in [6.07, 6.45) is 7.73. The first-order valence-corrected chi connectivity index (χ1v) is 11.1. The molecule has 1 atom stereocenters. The molecule has 1 unspecified atom stereocenters. The summed E-state index contributed by atoms with van der Waals surface area (Å²) in [5, 5.41) is 0.887. The van der Waals surface area contributed by atoms with E-state index >= 15 is 0 Å². The third kappa shape index (κ3) is 2.73. The Morgan fingerprint density at radius 1 is 1.03 bits per heavy atom. The summed E-state index contributed by atoms with van der Waals surface area (Å²) < 4.78 is 11.1. The van der Waals surface area contributed by atoms with Crippen LogP contribution in [0, 0.1) is 6.92 Å². The van der Waals surface area contributed by atoms with E-state index in [4.69, 9.17) is 19.5 Å². The van der Waals surface area contributed by atoms with Gasteiger partial charge in [0, 0.05) is 22.9 Å². The molecule has 0 spiro atoms. The molecule has 1 aromatic carbocycles. The number of pyridine rings is 1. The molecule has 0 saturated carbocycles. The minimum Gasteiger partial charge on any atom is -0.454 e. The van der Waals surface area contributed by atoms with Gasteiger partial charge < -0.3 is 14.4 Å². The van der Waals surface area contributed by atoms with Crippen LogP contribution in [0.1, 0.15) is 35.2 Å². The summed E-state index contributed by atoms with van der Waals surface area (Å²) in [4.78, 5) is 46.6. The largest absolute Gasteiger partial charge is 0.454 e. The Morgan fingerprint density at radius 2 is 1.89 bits per heavy atom. The molecule has 0 aliphatic carbocycles. The normalized spacial score (nSPS) is 18.3. The lowest BCUT2D eigenvalue weighted by molar-refractivity contribution is 0.174. The molecule has 2 aromatic heterocycles. The molecule has 6 heterocycles. The number of benzene rings is 1. The number of aryl methyl sites for hydroxylation is 1. The zero-order valence-electron chi connectivity index (χ0n) is 18.7. The van der Waals surface area contributed by atoms with Crippen LogP contribution in [0.15, 0.2) is 62.2 Å². The van der Waals surface area contributed by atoms with Crippen molar-refractivity contribution in [2.24, 2.45) is 9.98 Å². The summed E-state index contributed by atoms with van der Waals surface area (Å²) >= 11 is 0. The summed E-state index contributed by atoms with van der Waals surface area (Å²) in [6.45, 7) is 3.99. The minimum atomic E-state index is -0.622. The second kappa shape index (κ2) is 6.89. The summed E-state index contributed by atoms with van der Waals surface area (Å²) in [5.41, 5.74) is 3.62. The number of rotatable bonds is 1. The highest BCUT2D eigenvalue weighted by Crippen LogP contribution is 2.43. The maximum Gasteiger partial charge on any atom is 0.327 e. The molecule has 4 aliphatic heterocycles. The molecule has 0 radical (unpaired) electrons. The number of amidine groups is 1. The van der Waals surface area contributed by atoms with Crippen molar-refractivity contribution in [2.45, 2.75) is 19.8 Å². The zero-order valence-corrected chi connectivity index (χ0v) is 18.7. The van der Waals surface area contributed by atoms with Gasteiger partial charge in [-0.15, -0.1) is 0 Å². The standard InChI is InChI=1S/C25H18N6O4/c1-11-17-12(2)27-22-19(21(17)31-8-4-3-5-16(31)26-11)18(13-6-7-14-15(9-13)35-10-34-14)20-23(28-22)29-25(33)30-24(20)32/h3-9,18H,10H2,1-2H3,(H2,29,30,32,33). The maximum absolute atomic E-state index is 13.2. The van der Waals surface area contributed by atoms with E-state index in [1.165, 1.54) is 0 Å². The van der Waals surface area contributed by atoms with Crippen LogP contribution in [0.2, 0.25) is 0 Å². The third-order valence-corrected chi connectivity index (χ3v) is 6.58. The molecule has 0 amide bonds. The lowest BCUT2D eigenvalue weighted by Gasteiger charge is -2.33. The highest BCUT2D eigenvalue weighted by molar-refractivity contribution is 6.11. The van der Waals surface area contributed by atoms with Crippen LogP contribution in [-0.4, -0.2) is 27.6 Å². The van der Waals surface area contributed by atoms with Crippen molar-refractivity contribution in [1.29, 1.82) is 0 Å². The van der Waals surface area contributed by atoms with E-state index in [2.05, 4.69) is 15.0 Å². The van der Waals surface area contributed by atoms with Gasteiger partial charge in [-0.2, -0.15) is 0 Å². The number of aromatic amines is 2. The molecule has 172 valence electrons. The van der Waals surface area contributed by atoms with Gasteiger partial charge in [0.25, 0.3) is 5.56 Å². The molecule has 10 heteroatoms. The Balaban J connectivity index is 1.64. The number of allylic oxidation sites excluding steroid dienone is 2. The Labute approximate surface area is 197 Å². The van der Waals surface area contributed by atoms with Crippen LogP contribution in [0.4, 0.5) is 11.5 Å². The van der Waals surface area contributed by atoms with Crippen LogP contribution in [0.3, 0.4) is 0 Å². The predicted molar refractivity (Wildman–Crippen MR) is 128 cm³/mol. The second-order valence-corrected chi connectivity index (χ2v) is 8.61. The Bertz CT molecular complexity index is 1810. The average Bonchev–Trinajstić information content (AvgIpc) is 3.30. The van der Waals surface area contributed by atoms with Gasteiger partial charge in [0.1, 0.15) is 11.7 Å². The first-order chi connectivity index (χ1) is 17.0. The van der Waals surface area contributed by atoms with Crippen LogP contribution >= 0.6 is 0 Å². The van der Waals surface area contributed by atoms with Crippen molar-refractivity contribution in [2.75, 3.05) is 11.7 Å². The van der Waals surface area contributed by atoms with Crippen molar-refractivity contribution >= 4 is 23.0 Å². The number of ether oxygens (including phenoxy) is 2. The van der Waals surface area contributed by atoms with Crippen LogP contribution in [0.25, 0.3) is 5.70 Å². The Morgan fingerprint density at radius 3 is 2.77 bits per heavy atom. The summed E-state index contributed by atoms with van der Waals surface area (Å²) in [6, 6.07) is 5.59. The van der Waals surface area contributed by atoms with Crippen molar-refractivity contribution < 1.29 is 9.47 Å². The van der Waals surface area contributed by atoms with Gasteiger partial charge in [-0.25, -0.2) is 19.8 Å². The Kier molecular flexibility index (Phi) is 3.88. The SMILES string of the molecule is CC1=c2c(C)nc3c(c2N2C=CC=CC2=N1)C(c1ccc2c(c1)OCO2)c1c([nH]c(=O)[nH]c1=O)N=3. The number of aliphatic imine (C=N–C) groups is 1. The van der Waals surface area contributed by atoms with Crippen molar-refractivity contribution in [3.63, 3.8) is 0 Å². The number of H-pyrrole nitrogens is 2. The lowest BCUT2D eigenvalue weighted by atomic mass is 9.82. The molecule has 0 saturated heterocycles. The molecule has 7 rings (SSSR count). The van der Waals surface area contributed by atoms with E-state index < -0.39 is 17.2 Å². The number of anilines is 1. The third-order valence-electron chi connectivity index (χ3n) is 6.58. The molecule has 10 nitrogen and oxygen atoms in total. The highest BCUT2D eigenvalue weighted by Gasteiger charge is 2.36. The topological polar surface area (TPSA) is 125 Å². The molecular formula is C25H18N6O4. The van der Waals surface area contributed by atoms with Crippen LogP contribution in [-0.2, 0) is 0 Å². The number of hydrogen-bond donors (Lipinski definition) is 2. The number of nitrogens with one attached hydrogen (secondary N) is 2. The van der Waals surface area contributed by atoms with E-state index in [9.17, 15) is 9.59 Å². The van der Waals surface area contributed by atoms with Crippen molar-refractivity contribution in [3.8, 4) is 11.5 Å². The second-order valence-electron chi connectivity index (χ2n) is 8.61. The monoisotopic (exact) mass is 466 g/mol. The van der Waals surface area contributed by atoms with Gasteiger partial charge >= 0.3 is 5.69 Å². The van der Waals surface area contributed by atoms with E-state index in [0.29, 0.717) is 22.6 Å². The fourth-order valence-corrected chi connectivity index (χ4v) is 5.18. The van der Waals surface area contributed by atoms with E-state index in [1.54, 1.807) is 0 Å². The molecule has 0 bridgehead atoms. The van der Waals surface area contributed by atoms with Crippen molar-refractivity contribution in [3.05, 3.63) is 96.6 Å². The highest BCUT2D eigenvalue weighted by atomic mass is 16.7. The van der Waals surface area contributed by atoms with Gasteiger partial charge in [-0.3, -0.25) is 14.8 Å². The van der Waals surface area contributed by atoms with Crippen LogP contribution < -0.4 is 36.3 Å². The number of aromatic nitrogens is 3. The van der Waals surface area contributed by atoms with Crippen molar-refractivity contribution in [1.82, 2.24) is 15.0 Å². The number of hydrogen-bond acceptors (Lipinski definition) is 8. The smallest absolute Gasteiger partial charge is 0.327 e. The predicted octanol–water partition coefficient (Wildman–Crippen LogP) is 1.37. The van der Waals surface area contributed by atoms with Gasteiger partial charge in [-0.05, 0) is 43.7 Å². The Hall–Kier alpha value is -4.73. The molecule has 35 heavy (non-hydrogen) atoms.